The summed E-state index contributed by atoms with van der Waals surface area (Å²) in [5.74, 6) is 0. The molecule has 0 bridgehead atoms. The van der Waals surface area contributed by atoms with Crippen LogP contribution in [0.1, 0.15) is 11.9 Å². The molecule has 2 nitrogen and oxygen atoms in total. The Kier molecular flexibility index (Phi) is 4.20. The highest BCUT2D eigenvalue weighted by molar-refractivity contribution is 7.98. The molecule has 1 aromatic heterocycles. The van der Waals surface area contributed by atoms with E-state index in [0.717, 1.165) is 17.1 Å². The molecule has 0 amide bonds. The van der Waals surface area contributed by atoms with Crippen LogP contribution in [0, 0.1) is 0 Å². The van der Waals surface area contributed by atoms with Crippen molar-refractivity contribution in [3.8, 4) is 11.3 Å². The second-order valence-corrected chi connectivity index (χ2v) is 5.86. The van der Waals surface area contributed by atoms with Crippen LogP contribution in [0.5, 0.6) is 0 Å². The molecule has 90 valence electrons. The lowest BCUT2D eigenvalue weighted by Crippen LogP contribution is -2.17. The molecule has 0 fully saturated rings. The number of thiazole rings is 1. The van der Waals surface area contributed by atoms with Crippen molar-refractivity contribution in [2.75, 3.05) is 6.26 Å². The molecular weight excluding hydrogens is 248 g/mol. The lowest BCUT2D eigenvalue weighted by atomic mass is 10.2. The largest absolute Gasteiger partial charge is 0.328 e. The normalized spacial score (nSPS) is 12.6. The summed E-state index contributed by atoms with van der Waals surface area (Å²) in [6.45, 7) is 2.01. The fourth-order valence-electron chi connectivity index (χ4n) is 1.57. The van der Waals surface area contributed by atoms with Crippen LogP contribution in [0.4, 0.5) is 0 Å². The van der Waals surface area contributed by atoms with E-state index in [4.69, 9.17) is 5.73 Å². The van der Waals surface area contributed by atoms with E-state index in [1.54, 1.807) is 23.1 Å². The van der Waals surface area contributed by atoms with Crippen molar-refractivity contribution in [1.29, 1.82) is 0 Å². The minimum atomic E-state index is 0.174. The monoisotopic (exact) mass is 264 g/mol. The van der Waals surface area contributed by atoms with E-state index < -0.39 is 0 Å². The molecule has 1 atom stereocenters. The molecular formula is C13H16N2S2. The second kappa shape index (κ2) is 5.67. The van der Waals surface area contributed by atoms with E-state index in [0.29, 0.717) is 0 Å². The maximum Gasteiger partial charge on any atom is 0.0947 e. The van der Waals surface area contributed by atoms with Crippen LogP contribution in [-0.2, 0) is 6.42 Å². The number of hydrogen-bond acceptors (Lipinski definition) is 4. The average molecular weight is 264 g/mol. The quantitative estimate of drug-likeness (QED) is 0.860. The van der Waals surface area contributed by atoms with Crippen molar-refractivity contribution in [3.05, 3.63) is 34.7 Å². The molecule has 0 aliphatic heterocycles. The van der Waals surface area contributed by atoms with Crippen LogP contribution in [0.25, 0.3) is 11.3 Å². The molecule has 2 N–H and O–H groups in total. The molecule has 2 rings (SSSR count). The van der Waals surface area contributed by atoms with Crippen molar-refractivity contribution in [2.45, 2.75) is 24.3 Å². The Morgan fingerprint density at radius 2 is 2.06 bits per heavy atom. The highest BCUT2D eigenvalue weighted by atomic mass is 32.2. The molecule has 0 saturated heterocycles. The van der Waals surface area contributed by atoms with E-state index in [1.807, 2.05) is 6.92 Å². The molecule has 0 spiro atoms. The maximum absolute atomic E-state index is 5.77. The third-order valence-electron chi connectivity index (χ3n) is 2.43. The van der Waals surface area contributed by atoms with Crippen LogP contribution in [0.15, 0.2) is 34.5 Å². The number of hydrogen-bond donors (Lipinski definition) is 1. The van der Waals surface area contributed by atoms with Gasteiger partial charge in [-0.1, -0.05) is 12.1 Å². The van der Waals surface area contributed by atoms with Gasteiger partial charge in [-0.15, -0.1) is 23.1 Å². The Morgan fingerprint density at radius 1 is 1.35 bits per heavy atom. The lowest BCUT2D eigenvalue weighted by molar-refractivity contribution is 0.734. The van der Waals surface area contributed by atoms with E-state index in [2.05, 4.69) is 40.9 Å². The van der Waals surface area contributed by atoms with Crippen molar-refractivity contribution in [3.63, 3.8) is 0 Å². The lowest BCUT2D eigenvalue weighted by Gasteiger charge is -2.00. The molecule has 17 heavy (non-hydrogen) atoms. The summed E-state index contributed by atoms with van der Waals surface area (Å²) in [6.07, 6.45) is 2.94. The zero-order valence-electron chi connectivity index (χ0n) is 10.0. The summed E-state index contributed by atoms with van der Waals surface area (Å²) in [5, 5.41) is 3.22. The number of aromatic nitrogens is 1. The fourth-order valence-corrected chi connectivity index (χ4v) is 2.93. The van der Waals surface area contributed by atoms with Gasteiger partial charge in [0.05, 0.1) is 10.7 Å². The number of benzene rings is 1. The molecule has 0 aliphatic rings. The molecule has 1 heterocycles. The first kappa shape index (κ1) is 12.6. The van der Waals surface area contributed by atoms with Crippen molar-refractivity contribution >= 4 is 23.1 Å². The van der Waals surface area contributed by atoms with Gasteiger partial charge in [0.25, 0.3) is 0 Å². The highest BCUT2D eigenvalue weighted by Gasteiger charge is 2.06. The Balaban J connectivity index is 2.18. The Hall–Kier alpha value is -0.840. The van der Waals surface area contributed by atoms with Crippen molar-refractivity contribution in [1.82, 2.24) is 4.98 Å². The van der Waals surface area contributed by atoms with E-state index >= 15 is 0 Å². The molecule has 1 unspecified atom stereocenters. The second-order valence-electron chi connectivity index (χ2n) is 4.04. The zero-order chi connectivity index (χ0) is 12.3. The van der Waals surface area contributed by atoms with Gasteiger partial charge in [0.15, 0.2) is 0 Å². The summed E-state index contributed by atoms with van der Waals surface area (Å²) in [4.78, 5) is 5.89. The molecule has 0 radical (unpaired) electrons. The Bertz CT molecular complexity index is 474. The molecule has 0 saturated carbocycles. The predicted molar refractivity (Wildman–Crippen MR) is 76.7 cm³/mol. The predicted octanol–water partition coefficient (Wildman–Crippen LogP) is 3.42. The molecule has 1 aromatic carbocycles. The van der Waals surface area contributed by atoms with Gasteiger partial charge in [0.2, 0.25) is 0 Å². The number of nitrogens with zero attached hydrogens (tertiary/aromatic N) is 1. The first-order valence-electron chi connectivity index (χ1n) is 5.53. The molecule has 4 heteroatoms. The van der Waals surface area contributed by atoms with Gasteiger partial charge in [-0.2, -0.15) is 0 Å². The minimum absolute atomic E-state index is 0.174. The van der Waals surface area contributed by atoms with E-state index in [-0.39, 0.29) is 6.04 Å². The SMILES string of the molecule is CSc1ccc(-c2csc(CC(C)N)n2)cc1. The zero-order valence-corrected chi connectivity index (χ0v) is 11.6. The van der Waals surface area contributed by atoms with Gasteiger partial charge in [-0.05, 0) is 25.3 Å². The third-order valence-corrected chi connectivity index (χ3v) is 4.05. The van der Waals surface area contributed by atoms with E-state index in [9.17, 15) is 0 Å². The molecule has 0 aliphatic carbocycles. The first-order chi connectivity index (χ1) is 8.19. The smallest absolute Gasteiger partial charge is 0.0947 e. The summed E-state index contributed by atoms with van der Waals surface area (Å²) >= 11 is 3.44. The number of rotatable bonds is 4. The summed E-state index contributed by atoms with van der Waals surface area (Å²) in [7, 11) is 0. The average Bonchev–Trinajstić information content (AvgIpc) is 2.77. The van der Waals surface area contributed by atoms with Crippen molar-refractivity contribution in [2.24, 2.45) is 5.73 Å². The van der Waals surface area contributed by atoms with Crippen LogP contribution >= 0.6 is 23.1 Å². The molecule has 2 aromatic rings. The fraction of sp³-hybridized carbons (Fsp3) is 0.308. The van der Waals surface area contributed by atoms with Gasteiger partial charge < -0.3 is 5.73 Å². The number of thioether (sulfide) groups is 1. The van der Waals surface area contributed by atoms with Crippen LogP contribution in [0.3, 0.4) is 0 Å². The van der Waals surface area contributed by atoms with Crippen LogP contribution in [0.2, 0.25) is 0 Å². The highest BCUT2D eigenvalue weighted by Crippen LogP contribution is 2.24. The topological polar surface area (TPSA) is 38.9 Å². The number of nitrogens with two attached hydrogens (primary N) is 1. The van der Waals surface area contributed by atoms with Crippen molar-refractivity contribution < 1.29 is 0 Å². The standard InChI is InChI=1S/C13H16N2S2/c1-9(14)7-13-15-12(8-17-13)10-3-5-11(16-2)6-4-10/h3-6,8-9H,7,14H2,1-2H3. The Morgan fingerprint density at radius 3 is 2.65 bits per heavy atom. The summed E-state index contributed by atoms with van der Waals surface area (Å²) in [5.41, 5.74) is 8.00. The van der Waals surface area contributed by atoms with Gasteiger partial charge in [0, 0.05) is 28.3 Å². The van der Waals surface area contributed by atoms with E-state index in [1.165, 1.54) is 10.5 Å². The first-order valence-corrected chi connectivity index (χ1v) is 7.64. The maximum atomic E-state index is 5.77. The van der Waals surface area contributed by atoms with Crippen LogP contribution < -0.4 is 5.73 Å². The van der Waals surface area contributed by atoms with Crippen LogP contribution in [-0.4, -0.2) is 17.3 Å². The summed E-state index contributed by atoms with van der Waals surface area (Å²) < 4.78 is 0. The van der Waals surface area contributed by atoms with Gasteiger partial charge in [-0.25, -0.2) is 4.98 Å². The van der Waals surface area contributed by atoms with Gasteiger partial charge in [0.1, 0.15) is 0 Å². The Labute approximate surface area is 110 Å². The van der Waals surface area contributed by atoms with Gasteiger partial charge in [-0.3, -0.25) is 0 Å². The minimum Gasteiger partial charge on any atom is -0.328 e. The van der Waals surface area contributed by atoms with Gasteiger partial charge >= 0.3 is 0 Å². The summed E-state index contributed by atoms with van der Waals surface area (Å²) in [6, 6.07) is 8.68. The third kappa shape index (κ3) is 3.31.